The second-order valence-electron chi connectivity index (χ2n) is 9.43. The van der Waals surface area contributed by atoms with Crippen molar-refractivity contribution in [3.63, 3.8) is 0 Å². The van der Waals surface area contributed by atoms with Crippen molar-refractivity contribution in [2.75, 3.05) is 17.6 Å². The smallest absolute Gasteiger partial charge is 0.0340 e. The van der Waals surface area contributed by atoms with Gasteiger partial charge in [-0.15, -0.1) is 0 Å². The third-order valence-corrected chi connectivity index (χ3v) is 6.49. The summed E-state index contributed by atoms with van der Waals surface area (Å²) in [7, 11) is 0. The van der Waals surface area contributed by atoms with Gasteiger partial charge in [0.2, 0.25) is 0 Å². The molecule has 0 bridgehead atoms. The lowest BCUT2D eigenvalue weighted by Crippen LogP contribution is -2.01. The van der Waals surface area contributed by atoms with E-state index in [4.69, 9.17) is 5.73 Å². The molecule has 0 saturated heterocycles. The lowest BCUT2D eigenvalue weighted by Gasteiger charge is -2.08. The largest absolute Gasteiger partial charge is 0.399 e. The third-order valence-electron chi connectivity index (χ3n) is 6.49. The number of hydrogen-bond acceptors (Lipinski definition) is 2. The first kappa shape index (κ1) is 26.3. The van der Waals surface area contributed by atoms with Crippen LogP contribution in [0.2, 0.25) is 0 Å². The molecular weight excluding hydrogens is 388 g/mol. The highest BCUT2D eigenvalue weighted by Gasteiger charge is 1.99. The van der Waals surface area contributed by atoms with Crippen molar-refractivity contribution in [1.82, 2.24) is 0 Å². The molecule has 2 nitrogen and oxygen atoms in total. The van der Waals surface area contributed by atoms with Gasteiger partial charge < -0.3 is 11.1 Å². The summed E-state index contributed by atoms with van der Waals surface area (Å²) in [6, 6.07) is 16.8. The fourth-order valence-corrected chi connectivity index (χ4v) is 4.36. The summed E-state index contributed by atoms with van der Waals surface area (Å²) in [6.07, 6.45) is 22.7. The molecule has 0 spiro atoms. The van der Waals surface area contributed by atoms with Crippen molar-refractivity contribution < 1.29 is 0 Å². The van der Waals surface area contributed by atoms with Crippen LogP contribution in [0.1, 0.15) is 110 Å². The van der Waals surface area contributed by atoms with Crippen molar-refractivity contribution in [3.05, 3.63) is 48.5 Å². The van der Waals surface area contributed by atoms with Gasteiger partial charge in [-0.2, -0.15) is 0 Å². The minimum Gasteiger partial charge on any atom is -0.399 e. The van der Waals surface area contributed by atoms with E-state index in [1.165, 1.54) is 120 Å². The Bertz CT molecular complexity index is 675. The summed E-state index contributed by atoms with van der Waals surface area (Å²) in [5.74, 6) is 0. The maximum Gasteiger partial charge on any atom is 0.0340 e. The first-order valence-electron chi connectivity index (χ1n) is 13.5. The number of hydrogen-bond donors (Lipinski definition) is 2. The molecule has 0 aromatic heterocycles. The van der Waals surface area contributed by atoms with Gasteiger partial charge in [0.15, 0.2) is 0 Å². The van der Waals surface area contributed by atoms with Gasteiger partial charge in [-0.25, -0.2) is 0 Å². The molecule has 2 aromatic carbocycles. The summed E-state index contributed by atoms with van der Waals surface area (Å²) in [6.45, 7) is 3.36. The summed E-state index contributed by atoms with van der Waals surface area (Å²) in [4.78, 5) is 0. The van der Waals surface area contributed by atoms with Crippen LogP contribution < -0.4 is 11.1 Å². The molecule has 0 radical (unpaired) electrons. The van der Waals surface area contributed by atoms with Crippen molar-refractivity contribution in [2.24, 2.45) is 0 Å². The number of rotatable bonds is 19. The fraction of sp³-hybridized carbons (Fsp3) is 0.600. The number of nitrogens with one attached hydrogen (secondary N) is 1. The monoisotopic (exact) mass is 436 g/mol. The number of unbranched alkanes of at least 4 members (excludes halogenated alkanes) is 15. The molecule has 178 valence electrons. The molecule has 0 fully saturated rings. The first-order chi connectivity index (χ1) is 15.8. The van der Waals surface area contributed by atoms with Crippen molar-refractivity contribution in [2.45, 2.75) is 110 Å². The topological polar surface area (TPSA) is 38.0 Å². The van der Waals surface area contributed by atoms with Gasteiger partial charge in [0, 0.05) is 17.9 Å². The molecule has 32 heavy (non-hydrogen) atoms. The predicted octanol–water partition coefficient (Wildman–Crippen LogP) is 9.61. The standard InChI is InChI=1S/C30H48N2/c1-2-3-4-5-6-7-8-9-10-11-12-13-14-15-16-17-26-32-30-24-20-28(21-25-30)27-18-22-29(31)23-19-27/h18-25,32H,2-17,26,31H2,1H3. The maximum atomic E-state index is 5.77. The van der Waals surface area contributed by atoms with E-state index in [0.717, 1.165) is 12.2 Å². The Morgan fingerprint density at radius 3 is 1.31 bits per heavy atom. The lowest BCUT2D eigenvalue weighted by molar-refractivity contribution is 0.530. The first-order valence-corrected chi connectivity index (χ1v) is 13.5. The minimum atomic E-state index is 0.811. The lowest BCUT2D eigenvalue weighted by atomic mass is 10.0. The molecule has 0 aliphatic rings. The highest BCUT2D eigenvalue weighted by molar-refractivity contribution is 5.67. The van der Waals surface area contributed by atoms with Gasteiger partial charge in [-0.3, -0.25) is 0 Å². The normalized spacial score (nSPS) is 11.0. The zero-order chi connectivity index (χ0) is 22.7. The van der Waals surface area contributed by atoms with Gasteiger partial charge in [0.25, 0.3) is 0 Å². The molecule has 0 aliphatic carbocycles. The van der Waals surface area contributed by atoms with Crippen LogP contribution in [0.5, 0.6) is 0 Å². The van der Waals surface area contributed by atoms with Gasteiger partial charge in [0.1, 0.15) is 0 Å². The summed E-state index contributed by atoms with van der Waals surface area (Å²) < 4.78 is 0. The van der Waals surface area contributed by atoms with E-state index in [0.29, 0.717) is 0 Å². The summed E-state index contributed by atoms with van der Waals surface area (Å²) in [5.41, 5.74) is 10.2. The summed E-state index contributed by atoms with van der Waals surface area (Å²) >= 11 is 0. The zero-order valence-corrected chi connectivity index (χ0v) is 20.7. The number of nitrogen functional groups attached to an aromatic ring is 1. The van der Waals surface area contributed by atoms with Crippen molar-refractivity contribution in [1.29, 1.82) is 0 Å². The van der Waals surface area contributed by atoms with Crippen LogP contribution in [0.3, 0.4) is 0 Å². The quantitative estimate of drug-likeness (QED) is 0.170. The Hall–Kier alpha value is -1.96. The van der Waals surface area contributed by atoms with E-state index in [1.807, 2.05) is 12.1 Å². The molecule has 0 heterocycles. The predicted molar refractivity (Wildman–Crippen MR) is 144 cm³/mol. The number of anilines is 2. The van der Waals surface area contributed by atoms with Crippen LogP contribution in [0, 0.1) is 0 Å². The van der Waals surface area contributed by atoms with Crippen LogP contribution in [0.25, 0.3) is 11.1 Å². The Morgan fingerprint density at radius 2 is 0.875 bits per heavy atom. The average molecular weight is 437 g/mol. The average Bonchev–Trinajstić information content (AvgIpc) is 2.82. The molecule has 0 unspecified atom stereocenters. The molecule has 0 saturated carbocycles. The second-order valence-corrected chi connectivity index (χ2v) is 9.43. The van der Waals surface area contributed by atoms with Crippen LogP contribution in [-0.2, 0) is 0 Å². The molecule has 0 aliphatic heterocycles. The molecule has 0 atom stereocenters. The van der Waals surface area contributed by atoms with E-state index >= 15 is 0 Å². The zero-order valence-electron chi connectivity index (χ0n) is 20.7. The molecule has 3 N–H and O–H groups in total. The Labute approximate surface area is 198 Å². The minimum absolute atomic E-state index is 0.811. The van der Waals surface area contributed by atoms with Crippen molar-refractivity contribution in [3.8, 4) is 11.1 Å². The molecular formula is C30H48N2. The number of benzene rings is 2. The van der Waals surface area contributed by atoms with Crippen LogP contribution in [0.4, 0.5) is 11.4 Å². The highest BCUT2D eigenvalue weighted by Crippen LogP contribution is 2.22. The number of nitrogens with two attached hydrogens (primary N) is 1. The van der Waals surface area contributed by atoms with Crippen molar-refractivity contribution >= 4 is 11.4 Å². The molecule has 2 rings (SSSR count). The Kier molecular flexibility index (Phi) is 14.4. The van der Waals surface area contributed by atoms with Crippen LogP contribution in [0.15, 0.2) is 48.5 Å². The third kappa shape index (κ3) is 12.2. The van der Waals surface area contributed by atoms with Gasteiger partial charge >= 0.3 is 0 Å². The SMILES string of the molecule is CCCCCCCCCCCCCCCCCCNc1ccc(-c2ccc(N)cc2)cc1. The Balaban J connectivity index is 1.37. The summed E-state index contributed by atoms with van der Waals surface area (Å²) in [5, 5.41) is 3.56. The van der Waals surface area contributed by atoms with Gasteiger partial charge in [0.05, 0.1) is 0 Å². The van der Waals surface area contributed by atoms with E-state index in [1.54, 1.807) is 0 Å². The van der Waals surface area contributed by atoms with E-state index in [-0.39, 0.29) is 0 Å². The fourth-order valence-electron chi connectivity index (χ4n) is 4.36. The van der Waals surface area contributed by atoms with Gasteiger partial charge in [-0.05, 0) is 41.8 Å². The Morgan fingerprint density at radius 1 is 0.500 bits per heavy atom. The van der Waals surface area contributed by atoms with E-state index < -0.39 is 0 Å². The van der Waals surface area contributed by atoms with E-state index in [9.17, 15) is 0 Å². The molecule has 2 aromatic rings. The van der Waals surface area contributed by atoms with E-state index in [2.05, 4.69) is 48.6 Å². The highest BCUT2D eigenvalue weighted by atomic mass is 14.9. The van der Waals surface area contributed by atoms with Gasteiger partial charge in [-0.1, -0.05) is 128 Å². The maximum absolute atomic E-state index is 5.77. The van der Waals surface area contributed by atoms with Crippen LogP contribution >= 0.6 is 0 Å². The molecule has 2 heteroatoms. The molecule has 0 amide bonds. The van der Waals surface area contributed by atoms with Crippen LogP contribution in [-0.4, -0.2) is 6.54 Å². The second kappa shape index (κ2) is 17.6.